The normalized spacial score (nSPS) is 21.5. The predicted molar refractivity (Wildman–Crippen MR) is 179 cm³/mol. The Balaban J connectivity index is 0.00000264. The van der Waals surface area contributed by atoms with Gasteiger partial charge in [-0.3, -0.25) is 4.79 Å². The molecule has 1 saturated carbocycles. The minimum Gasteiger partial charge on any atom is -0.424 e. The molecule has 2 aromatic rings. The Hall–Kier alpha value is -2.37. The summed E-state index contributed by atoms with van der Waals surface area (Å²) in [6.45, 7) is 6.28. The molecule has 2 saturated heterocycles. The Kier molecular flexibility index (Phi) is 13.8. The number of benzene rings is 1. The number of esters is 1. The van der Waals surface area contributed by atoms with Gasteiger partial charge in [0.1, 0.15) is 4.88 Å². The van der Waals surface area contributed by atoms with E-state index >= 15 is 0 Å². The summed E-state index contributed by atoms with van der Waals surface area (Å²) in [4.78, 5) is 49.7. The molecular weight excluding hydrogens is 623 g/mol. The fraction of sp³-hybridized carbons (Fsp3) is 0.594. The van der Waals surface area contributed by atoms with Gasteiger partial charge in [-0.05, 0) is 83.3 Å². The van der Waals surface area contributed by atoms with Crippen LogP contribution in [0.25, 0.3) is 10.4 Å². The van der Waals surface area contributed by atoms with Crippen molar-refractivity contribution in [2.24, 2.45) is 11.8 Å². The number of hydrogen-bond donors (Lipinski definition) is 0. The predicted octanol–water partition coefficient (Wildman–Crippen LogP) is 6.01. The zero-order chi connectivity index (χ0) is 29.6. The number of halogens is 2. The van der Waals surface area contributed by atoms with Gasteiger partial charge >= 0.3 is 12.1 Å². The van der Waals surface area contributed by atoms with Crippen LogP contribution in [-0.4, -0.2) is 98.9 Å². The fourth-order valence-corrected chi connectivity index (χ4v) is 7.23. The minimum atomic E-state index is -0.577. The van der Waals surface area contributed by atoms with E-state index < -0.39 is 18.9 Å². The van der Waals surface area contributed by atoms with E-state index in [4.69, 9.17) is 9.47 Å². The van der Waals surface area contributed by atoms with E-state index in [2.05, 4.69) is 23.8 Å². The summed E-state index contributed by atoms with van der Waals surface area (Å²) in [7, 11) is 4.12. The lowest BCUT2D eigenvalue weighted by atomic mass is 9.82. The van der Waals surface area contributed by atoms with Crippen LogP contribution < -0.4 is 4.90 Å². The highest BCUT2D eigenvalue weighted by molar-refractivity contribution is 7.18. The molecule has 0 N–H and O–H groups in total. The summed E-state index contributed by atoms with van der Waals surface area (Å²) >= 11 is 1.33. The molecule has 2 aliphatic heterocycles. The lowest BCUT2D eigenvalue weighted by molar-refractivity contribution is -0.124. The first-order chi connectivity index (χ1) is 20.3. The number of piperazine rings is 1. The second kappa shape index (κ2) is 16.8. The van der Waals surface area contributed by atoms with Gasteiger partial charge in [0.2, 0.25) is 12.7 Å². The van der Waals surface area contributed by atoms with Crippen LogP contribution in [0.15, 0.2) is 36.4 Å². The van der Waals surface area contributed by atoms with Crippen molar-refractivity contribution < 1.29 is 23.9 Å². The van der Waals surface area contributed by atoms with Crippen LogP contribution in [0.1, 0.15) is 55.1 Å². The highest BCUT2D eigenvalue weighted by atomic mass is 35.5. The quantitative estimate of drug-likeness (QED) is 0.264. The summed E-state index contributed by atoms with van der Waals surface area (Å²) in [6.07, 6.45) is 5.05. The van der Waals surface area contributed by atoms with E-state index in [1.54, 1.807) is 4.90 Å². The van der Waals surface area contributed by atoms with Crippen molar-refractivity contribution in [2.75, 3.05) is 65.1 Å². The Morgan fingerprint density at radius 1 is 0.841 bits per heavy atom. The third kappa shape index (κ3) is 8.88. The number of likely N-dealkylation sites (tertiary alicyclic amines) is 1. The first-order valence-corrected chi connectivity index (χ1v) is 16.1. The SMILES string of the molecule is CC1CCC(C(=O)N(c2cc(-c3ccccc3)sc2C(=O)OCOC(=O)N2CCN(C)CC2)C2CCN(C)CC2)CC1.Cl.Cl. The summed E-state index contributed by atoms with van der Waals surface area (Å²) < 4.78 is 10.9. The van der Waals surface area contributed by atoms with Crippen LogP contribution in [0.2, 0.25) is 0 Å². The summed E-state index contributed by atoms with van der Waals surface area (Å²) in [5.74, 6) is 0.126. The number of ether oxygens (including phenoxy) is 2. The first kappa shape index (κ1) is 36.1. The van der Waals surface area contributed by atoms with Crippen LogP contribution >= 0.6 is 36.2 Å². The number of amides is 2. The van der Waals surface area contributed by atoms with Gasteiger partial charge in [0.15, 0.2) is 0 Å². The summed E-state index contributed by atoms with van der Waals surface area (Å²) in [6, 6.07) is 11.9. The second-order valence-corrected chi connectivity index (χ2v) is 13.2. The maximum Gasteiger partial charge on any atom is 0.412 e. The van der Waals surface area contributed by atoms with Crippen LogP contribution in [-0.2, 0) is 14.3 Å². The average Bonchev–Trinajstić information content (AvgIpc) is 3.44. The van der Waals surface area contributed by atoms with Crippen molar-refractivity contribution in [1.82, 2.24) is 14.7 Å². The smallest absolute Gasteiger partial charge is 0.412 e. The van der Waals surface area contributed by atoms with Crippen LogP contribution in [0.5, 0.6) is 0 Å². The molecule has 3 aliphatic rings. The zero-order valence-corrected chi connectivity index (χ0v) is 28.4. The summed E-state index contributed by atoms with van der Waals surface area (Å²) in [5.41, 5.74) is 1.60. The van der Waals surface area contributed by atoms with Crippen molar-refractivity contribution in [3.05, 3.63) is 41.3 Å². The number of hydrogen-bond acceptors (Lipinski definition) is 8. The average molecular weight is 670 g/mol. The van der Waals surface area contributed by atoms with Gasteiger partial charge < -0.3 is 29.1 Å². The molecule has 0 spiro atoms. The number of carbonyl (C=O) groups excluding carboxylic acids is 3. The van der Waals surface area contributed by atoms with Gasteiger partial charge in [0.05, 0.1) is 5.69 Å². The summed E-state index contributed by atoms with van der Waals surface area (Å²) in [5, 5.41) is 0. The molecular formula is C32H46Cl2N4O5S. The zero-order valence-electron chi connectivity index (χ0n) is 25.9. The van der Waals surface area contributed by atoms with Crippen molar-refractivity contribution in [1.29, 1.82) is 0 Å². The molecule has 5 rings (SSSR count). The number of carbonyl (C=O) groups is 3. The molecule has 44 heavy (non-hydrogen) atoms. The molecule has 1 aromatic carbocycles. The molecule has 3 fully saturated rings. The largest absolute Gasteiger partial charge is 0.424 e. The van der Waals surface area contributed by atoms with E-state index in [1.165, 1.54) is 11.3 Å². The Morgan fingerprint density at radius 2 is 1.45 bits per heavy atom. The standard InChI is InChI=1S/C32H44N4O5S.2ClH/c1-23-9-11-25(12-10-23)30(37)36(26-13-15-33(2)16-14-26)27-21-28(24-7-5-4-6-8-24)42-29(27)31(38)40-22-41-32(39)35-19-17-34(3)18-20-35;;/h4-8,21,23,25-26H,9-20,22H2,1-3H3;2*1H. The molecule has 0 radical (unpaired) electrons. The third-order valence-corrected chi connectivity index (χ3v) is 10.2. The van der Waals surface area contributed by atoms with Crippen LogP contribution in [0, 0.1) is 11.8 Å². The van der Waals surface area contributed by atoms with Gasteiger partial charge in [0.25, 0.3) is 0 Å². The van der Waals surface area contributed by atoms with Gasteiger partial charge in [-0.1, -0.05) is 37.3 Å². The number of piperidine rings is 1. The van der Waals surface area contributed by atoms with E-state index in [0.717, 1.165) is 75.1 Å². The van der Waals surface area contributed by atoms with Gasteiger partial charge in [-0.2, -0.15) is 0 Å². The van der Waals surface area contributed by atoms with Crippen LogP contribution in [0.4, 0.5) is 10.5 Å². The van der Waals surface area contributed by atoms with Gasteiger partial charge in [-0.25, -0.2) is 9.59 Å². The molecule has 3 heterocycles. The molecule has 2 amide bonds. The molecule has 1 aromatic heterocycles. The Bertz CT molecular complexity index is 1220. The van der Waals surface area contributed by atoms with E-state index in [9.17, 15) is 14.4 Å². The number of nitrogens with zero attached hydrogens (tertiary/aromatic N) is 4. The fourth-order valence-electron chi connectivity index (χ4n) is 6.18. The number of thiophene rings is 1. The van der Waals surface area contributed by atoms with Crippen molar-refractivity contribution >= 4 is 59.8 Å². The van der Waals surface area contributed by atoms with E-state index in [0.29, 0.717) is 29.6 Å². The number of rotatable bonds is 7. The lowest BCUT2D eigenvalue weighted by Gasteiger charge is -2.40. The number of anilines is 1. The topological polar surface area (TPSA) is 82.6 Å². The molecule has 9 nitrogen and oxygen atoms in total. The number of likely N-dealkylation sites (N-methyl/N-ethyl adjacent to an activating group) is 1. The maximum absolute atomic E-state index is 14.3. The minimum absolute atomic E-state index is 0. The van der Waals surface area contributed by atoms with Crippen molar-refractivity contribution in [3.8, 4) is 10.4 Å². The molecule has 244 valence electrons. The Morgan fingerprint density at radius 3 is 2.09 bits per heavy atom. The highest BCUT2D eigenvalue weighted by Crippen LogP contribution is 2.41. The third-order valence-electron chi connectivity index (χ3n) is 9.01. The maximum atomic E-state index is 14.3. The molecule has 1 aliphatic carbocycles. The lowest BCUT2D eigenvalue weighted by Crippen LogP contribution is -2.49. The monoisotopic (exact) mass is 668 g/mol. The van der Waals surface area contributed by atoms with Crippen molar-refractivity contribution in [2.45, 2.75) is 51.5 Å². The Labute approximate surface area is 277 Å². The first-order valence-electron chi connectivity index (χ1n) is 15.3. The molecule has 0 atom stereocenters. The van der Waals surface area contributed by atoms with Gasteiger partial charge in [-0.15, -0.1) is 36.2 Å². The van der Waals surface area contributed by atoms with Crippen LogP contribution in [0.3, 0.4) is 0 Å². The van der Waals surface area contributed by atoms with Crippen molar-refractivity contribution in [3.63, 3.8) is 0 Å². The van der Waals surface area contributed by atoms with E-state index in [1.807, 2.05) is 48.3 Å². The molecule has 12 heteroatoms. The van der Waals surface area contributed by atoms with Gasteiger partial charge in [0, 0.05) is 43.0 Å². The second-order valence-electron chi connectivity index (χ2n) is 12.1. The molecule has 0 bridgehead atoms. The molecule has 0 unspecified atom stereocenters. The highest BCUT2D eigenvalue weighted by Gasteiger charge is 2.37. The van der Waals surface area contributed by atoms with E-state index in [-0.39, 0.29) is 42.7 Å².